The Bertz CT molecular complexity index is 745. The Labute approximate surface area is 153 Å². The summed E-state index contributed by atoms with van der Waals surface area (Å²) in [6.07, 6.45) is 1.61. The number of hydrogen-bond donors (Lipinski definition) is 1. The van der Waals surface area contributed by atoms with Crippen molar-refractivity contribution < 1.29 is 14.3 Å². The molecule has 0 aromatic heterocycles. The molecule has 0 aliphatic carbocycles. The highest BCUT2D eigenvalue weighted by Crippen LogP contribution is 2.23. The van der Waals surface area contributed by atoms with Crippen LogP contribution >= 0.6 is 11.6 Å². The summed E-state index contributed by atoms with van der Waals surface area (Å²) in [5.74, 6) is 1.07. The van der Waals surface area contributed by atoms with Gasteiger partial charge in [0, 0.05) is 16.8 Å². The van der Waals surface area contributed by atoms with Crippen molar-refractivity contribution in [2.45, 2.75) is 26.4 Å². The molecule has 0 spiro atoms. The van der Waals surface area contributed by atoms with Gasteiger partial charge in [-0.3, -0.25) is 4.79 Å². The summed E-state index contributed by atoms with van der Waals surface area (Å²) in [6.45, 7) is 7.82. The van der Waals surface area contributed by atoms with Gasteiger partial charge in [-0.25, -0.2) is 0 Å². The lowest BCUT2D eigenvalue weighted by molar-refractivity contribution is -0.122. The van der Waals surface area contributed by atoms with Crippen molar-refractivity contribution in [2.75, 3.05) is 11.9 Å². The Morgan fingerprint density at radius 1 is 1.28 bits per heavy atom. The SMILES string of the molecule is C=CCOc1cccc(NC(=O)[C@@H](CC)Oc2ccc(Cl)c(C)c2)c1. The summed E-state index contributed by atoms with van der Waals surface area (Å²) in [4.78, 5) is 12.5. The fourth-order valence-corrected chi connectivity index (χ4v) is 2.34. The molecule has 2 aromatic carbocycles. The van der Waals surface area contributed by atoms with Crippen LogP contribution in [0.25, 0.3) is 0 Å². The number of aryl methyl sites for hydroxylation is 1. The lowest BCUT2D eigenvalue weighted by atomic mass is 10.2. The molecule has 0 fully saturated rings. The third-order valence-corrected chi connectivity index (χ3v) is 3.96. The third kappa shape index (κ3) is 5.54. The van der Waals surface area contributed by atoms with Gasteiger partial charge in [0.15, 0.2) is 6.10 Å². The Balaban J connectivity index is 2.04. The maximum Gasteiger partial charge on any atom is 0.265 e. The maximum absolute atomic E-state index is 12.5. The molecule has 0 bridgehead atoms. The van der Waals surface area contributed by atoms with E-state index in [0.29, 0.717) is 35.2 Å². The second-order valence-electron chi connectivity index (χ2n) is 5.54. The van der Waals surface area contributed by atoms with Crippen molar-refractivity contribution >= 4 is 23.2 Å². The number of halogens is 1. The van der Waals surface area contributed by atoms with Gasteiger partial charge in [0.05, 0.1) is 0 Å². The minimum atomic E-state index is -0.599. The highest BCUT2D eigenvalue weighted by atomic mass is 35.5. The first-order valence-electron chi connectivity index (χ1n) is 8.11. The number of amides is 1. The predicted molar refractivity (Wildman–Crippen MR) is 102 cm³/mol. The van der Waals surface area contributed by atoms with E-state index < -0.39 is 6.10 Å². The van der Waals surface area contributed by atoms with Crippen LogP contribution in [0.3, 0.4) is 0 Å². The van der Waals surface area contributed by atoms with E-state index in [9.17, 15) is 4.79 Å². The Morgan fingerprint density at radius 3 is 2.76 bits per heavy atom. The monoisotopic (exact) mass is 359 g/mol. The Kier molecular flexibility index (Phi) is 6.90. The van der Waals surface area contributed by atoms with Gasteiger partial charge in [-0.1, -0.05) is 37.2 Å². The van der Waals surface area contributed by atoms with Crippen LogP contribution in [0.1, 0.15) is 18.9 Å². The number of benzene rings is 2. The Hall–Kier alpha value is -2.46. The quantitative estimate of drug-likeness (QED) is 0.674. The van der Waals surface area contributed by atoms with Gasteiger partial charge in [-0.05, 0) is 49.2 Å². The van der Waals surface area contributed by atoms with Gasteiger partial charge >= 0.3 is 0 Å². The summed E-state index contributed by atoms with van der Waals surface area (Å²) in [6, 6.07) is 12.6. The molecule has 0 saturated heterocycles. The maximum atomic E-state index is 12.5. The molecule has 0 aliphatic rings. The van der Waals surface area contributed by atoms with Crippen LogP contribution in [0, 0.1) is 6.92 Å². The highest BCUT2D eigenvalue weighted by molar-refractivity contribution is 6.31. The minimum Gasteiger partial charge on any atom is -0.489 e. The van der Waals surface area contributed by atoms with Crippen molar-refractivity contribution in [1.29, 1.82) is 0 Å². The zero-order valence-corrected chi connectivity index (χ0v) is 15.2. The van der Waals surface area contributed by atoms with E-state index in [1.165, 1.54) is 0 Å². The van der Waals surface area contributed by atoms with Crippen LogP contribution in [-0.4, -0.2) is 18.6 Å². The molecule has 0 radical (unpaired) electrons. The van der Waals surface area contributed by atoms with E-state index >= 15 is 0 Å². The van der Waals surface area contributed by atoms with Crippen molar-refractivity contribution in [3.8, 4) is 11.5 Å². The van der Waals surface area contributed by atoms with Gasteiger partial charge in [0.2, 0.25) is 0 Å². The summed E-state index contributed by atoms with van der Waals surface area (Å²) < 4.78 is 11.3. The molecule has 0 unspecified atom stereocenters. The van der Waals surface area contributed by atoms with Gasteiger partial charge in [0.25, 0.3) is 5.91 Å². The number of rotatable bonds is 8. The molecule has 0 heterocycles. The zero-order chi connectivity index (χ0) is 18.2. The van der Waals surface area contributed by atoms with Gasteiger partial charge in [0.1, 0.15) is 18.1 Å². The van der Waals surface area contributed by atoms with Crippen LogP contribution in [0.5, 0.6) is 11.5 Å². The zero-order valence-electron chi connectivity index (χ0n) is 14.4. The van der Waals surface area contributed by atoms with Crippen LogP contribution in [-0.2, 0) is 4.79 Å². The summed E-state index contributed by atoms with van der Waals surface area (Å²) in [7, 11) is 0. The van der Waals surface area contributed by atoms with E-state index in [1.807, 2.05) is 32.0 Å². The van der Waals surface area contributed by atoms with Crippen LogP contribution < -0.4 is 14.8 Å². The molecule has 0 aliphatic heterocycles. The number of ether oxygens (including phenoxy) is 2. The van der Waals surface area contributed by atoms with Crippen LogP contribution in [0.15, 0.2) is 55.1 Å². The molecule has 4 nitrogen and oxygen atoms in total. The van der Waals surface area contributed by atoms with Crippen LogP contribution in [0.4, 0.5) is 5.69 Å². The summed E-state index contributed by atoms with van der Waals surface area (Å²) in [5, 5.41) is 3.53. The molecule has 2 rings (SSSR count). The van der Waals surface area contributed by atoms with E-state index in [1.54, 1.807) is 30.3 Å². The van der Waals surface area contributed by atoms with E-state index in [-0.39, 0.29) is 5.91 Å². The molecule has 1 amide bonds. The lowest BCUT2D eigenvalue weighted by Gasteiger charge is -2.18. The topological polar surface area (TPSA) is 47.6 Å². The summed E-state index contributed by atoms with van der Waals surface area (Å²) >= 11 is 6.02. The third-order valence-electron chi connectivity index (χ3n) is 3.54. The van der Waals surface area contributed by atoms with Gasteiger partial charge in [-0.15, -0.1) is 0 Å². The molecule has 2 aromatic rings. The fraction of sp³-hybridized carbons (Fsp3) is 0.250. The fourth-order valence-electron chi connectivity index (χ4n) is 2.22. The van der Waals surface area contributed by atoms with E-state index in [2.05, 4.69) is 11.9 Å². The average Bonchev–Trinajstić information content (AvgIpc) is 2.61. The average molecular weight is 360 g/mol. The Morgan fingerprint density at radius 2 is 2.08 bits per heavy atom. The first-order chi connectivity index (χ1) is 12.0. The van der Waals surface area contributed by atoms with E-state index in [4.69, 9.17) is 21.1 Å². The van der Waals surface area contributed by atoms with Crippen molar-refractivity contribution in [1.82, 2.24) is 0 Å². The molecular formula is C20H22ClNO3. The first-order valence-corrected chi connectivity index (χ1v) is 8.48. The minimum absolute atomic E-state index is 0.212. The van der Waals surface area contributed by atoms with Crippen molar-refractivity contribution in [3.63, 3.8) is 0 Å². The number of anilines is 1. The molecule has 132 valence electrons. The van der Waals surface area contributed by atoms with Gasteiger partial charge in [-0.2, -0.15) is 0 Å². The molecular weight excluding hydrogens is 338 g/mol. The number of carbonyl (C=O) groups excluding carboxylic acids is 1. The largest absolute Gasteiger partial charge is 0.489 e. The predicted octanol–water partition coefficient (Wildman–Crippen LogP) is 5.01. The molecule has 25 heavy (non-hydrogen) atoms. The second kappa shape index (κ2) is 9.14. The molecule has 1 N–H and O–H groups in total. The number of nitrogens with one attached hydrogen (secondary N) is 1. The summed E-state index contributed by atoms with van der Waals surface area (Å²) in [5.41, 5.74) is 1.56. The van der Waals surface area contributed by atoms with Gasteiger partial charge < -0.3 is 14.8 Å². The second-order valence-corrected chi connectivity index (χ2v) is 5.95. The standard InChI is InChI=1S/C20H22ClNO3/c1-4-11-24-16-8-6-7-15(13-16)22-20(23)19(5-2)25-17-9-10-18(21)14(3)12-17/h4,6-10,12-13,19H,1,5,11H2,2-3H3,(H,22,23)/t19-/m1/s1. The molecule has 0 saturated carbocycles. The highest BCUT2D eigenvalue weighted by Gasteiger charge is 2.19. The molecule has 1 atom stereocenters. The van der Waals surface area contributed by atoms with Crippen molar-refractivity contribution in [3.05, 3.63) is 65.7 Å². The van der Waals surface area contributed by atoms with E-state index in [0.717, 1.165) is 5.56 Å². The number of carbonyl (C=O) groups is 1. The normalized spacial score (nSPS) is 11.5. The molecule has 5 heteroatoms. The smallest absolute Gasteiger partial charge is 0.265 e. The first kappa shape index (κ1) is 18.9. The number of hydrogen-bond acceptors (Lipinski definition) is 3. The van der Waals surface area contributed by atoms with Crippen molar-refractivity contribution in [2.24, 2.45) is 0 Å². The lowest BCUT2D eigenvalue weighted by Crippen LogP contribution is -2.32. The van der Waals surface area contributed by atoms with Crippen LogP contribution in [0.2, 0.25) is 5.02 Å².